The number of hydrogen-bond acceptors (Lipinski definition) is 0. The zero-order chi connectivity index (χ0) is 17.3. The molecule has 24 heavy (non-hydrogen) atoms. The molecule has 3 aliphatic rings. The molecule has 0 heterocycles. The van der Waals surface area contributed by atoms with E-state index in [0.717, 1.165) is 31.6 Å². The minimum absolute atomic E-state index is 0.0451. The summed E-state index contributed by atoms with van der Waals surface area (Å²) in [5, 5.41) is 0. The number of rotatable bonds is 3. The largest absolute Gasteiger partial charge is 0.247 e. The number of hydrogen-bond donors (Lipinski definition) is 0. The van der Waals surface area contributed by atoms with Crippen molar-refractivity contribution in [1.82, 2.24) is 0 Å². The van der Waals surface area contributed by atoms with Crippen molar-refractivity contribution in [3.63, 3.8) is 0 Å². The highest BCUT2D eigenvalue weighted by atomic mass is 19.3. The van der Waals surface area contributed by atoms with E-state index >= 15 is 0 Å². The highest BCUT2D eigenvalue weighted by Crippen LogP contribution is 2.49. The molecule has 0 N–H and O–H groups in total. The van der Waals surface area contributed by atoms with Crippen molar-refractivity contribution in [1.29, 1.82) is 0 Å². The van der Waals surface area contributed by atoms with Gasteiger partial charge in [0.2, 0.25) is 6.43 Å². The van der Waals surface area contributed by atoms with Gasteiger partial charge in [-0.05, 0) is 74.5 Å². The molecule has 3 aliphatic carbocycles. The topological polar surface area (TPSA) is 0 Å². The molecule has 3 fully saturated rings. The molecule has 0 aromatic heterocycles. The molecule has 6 unspecified atom stereocenters. The van der Waals surface area contributed by atoms with E-state index in [2.05, 4.69) is 6.92 Å². The Hall–Kier alpha value is -0.280. The van der Waals surface area contributed by atoms with Gasteiger partial charge in [-0.25, -0.2) is 17.6 Å². The summed E-state index contributed by atoms with van der Waals surface area (Å²) < 4.78 is 55.6. The second kappa shape index (κ2) is 7.95. The maximum atomic E-state index is 14.9. The highest BCUT2D eigenvalue weighted by Gasteiger charge is 2.46. The van der Waals surface area contributed by atoms with Crippen molar-refractivity contribution < 1.29 is 17.6 Å². The standard InChI is InChI=1S/C20H32F4/c1-12-5-7-13(8-6-12)15-10-9-14(11-18(15)22)16-3-2-4-17(21)19(16)20(23)24/h12-20H,2-11H2,1H3. The molecule has 3 rings (SSSR count). The van der Waals surface area contributed by atoms with E-state index in [0.29, 0.717) is 25.2 Å². The third-order valence-electron chi connectivity index (χ3n) is 7.36. The Morgan fingerprint density at radius 2 is 1.38 bits per heavy atom. The highest BCUT2D eigenvalue weighted by molar-refractivity contribution is 4.93. The van der Waals surface area contributed by atoms with Gasteiger partial charge in [-0.1, -0.05) is 26.2 Å². The van der Waals surface area contributed by atoms with Crippen LogP contribution in [-0.4, -0.2) is 18.8 Å². The van der Waals surface area contributed by atoms with Gasteiger partial charge in [0.1, 0.15) is 12.3 Å². The minimum Gasteiger partial charge on any atom is -0.247 e. The zero-order valence-electron chi connectivity index (χ0n) is 14.8. The fourth-order valence-corrected chi connectivity index (χ4v) is 5.90. The van der Waals surface area contributed by atoms with Gasteiger partial charge >= 0.3 is 0 Å². The van der Waals surface area contributed by atoms with E-state index < -0.39 is 24.7 Å². The van der Waals surface area contributed by atoms with Crippen LogP contribution in [0.4, 0.5) is 17.6 Å². The van der Waals surface area contributed by atoms with Crippen LogP contribution in [0.15, 0.2) is 0 Å². The zero-order valence-corrected chi connectivity index (χ0v) is 14.8. The average molecular weight is 348 g/mol. The molecule has 0 bridgehead atoms. The molecule has 0 spiro atoms. The van der Waals surface area contributed by atoms with Crippen molar-refractivity contribution in [2.24, 2.45) is 35.5 Å². The first-order chi connectivity index (χ1) is 11.5. The van der Waals surface area contributed by atoms with Crippen LogP contribution in [0, 0.1) is 35.5 Å². The summed E-state index contributed by atoms with van der Waals surface area (Å²) in [6.45, 7) is 2.26. The van der Waals surface area contributed by atoms with E-state index in [-0.39, 0.29) is 24.2 Å². The molecule has 0 nitrogen and oxygen atoms in total. The molecular weight excluding hydrogens is 316 g/mol. The van der Waals surface area contributed by atoms with Gasteiger partial charge in [-0.15, -0.1) is 0 Å². The van der Waals surface area contributed by atoms with Crippen LogP contribution in [0.2, 0.25) is 0 Å². The maximum Gasteiger partial charge on any atom is 0.244 e. The van der Waals surface area contributed by atoms with Crippen LogP contribution in [0.3, 0.4) is 0 Å². The molecule has 6 atom stereocenters. The van der Waals surface area contributed by atoms with Gasteiger partial charge in [-0.3, -0.25) is 0 Å². The van der Waals surface area contributed by atoms with Gasteiger partial charge in [0, 0.05) is 0 Å². The number of alkyl halides is 4. The second-order valence-corrected chi connectivity index (χ2v) is 8.80. The summed E-state index contributed by atoms with van der Waals surface area (Å²) in [6.07, 6.45) is 3.32. The smallest absolute Gasteiger partial charge is 0.244 e. The third-order valence-corrected chi connectivity index (χ3v) is 7.36. The molecule has 0 saturated heterocycles. The summed E-state index contributed by atoms with van der Waals surface area (Å²) in [4.78, 5) is 0. The molecule has 3 saturated carbocycles. The lowest BCUT2D eigenvalue weighted by atomic mass is 9.62. The third kappa shape index (κ3) is 3.93. The van der Waals surface area contributed by atoms with Gasteiger partial charge in [-0.2, -0.15) is 0 Å². The average Bonchev–Trinajstić information content (AvgIpc) is 2.55. The molecule has 0 aromatic carbocycles. The van der Waals surface area contributed by atoms with Crippen molar-refractivity contribution in [3.05, 3.63) is 0 Å². The Morgan fingerprint density at radius 1 is 0.708 bits per heavy atom. The Kier molecular flexibility index (Phi) is 6.13. The summed E-state index contributed by atoms with van der Waals surface area (Å²) >= 11 is 0. The van der Waals surface area contributed by atoms with Crippen LogP contribution in [0.25, 0.3) is 0 Å². The molecule has 0 amide bonds. The van der Waals surface area contributed by atoms with Crippen molar-refractivity contribution in [2.75, 3.05) is 0 Å². The van der Waals surface area contributed by atoms with Gasteiger partial charge < -0.3 is 0 Å². The Balaban J connectivity index is 1.60. The molecule has 4 heteroatoms. The monoisotopic (exact) mass is 348 g/mol. The first-order valence-corrected chi connectivity index (χ1v) is 10.0. The predicted octanol–water partition coefficient (Wildman–Crippen LogP) is 6.59. The lowest BCUT2D eigenvalue weighted by molar-refractivity contribution is -0.0630. The molecular formula is C20H32F4. The van der Waals surface area contributed by atoms with Gasteiger partial charge in [0.25, 0.3) is 0 Å². The minimum atomic E-state index is -2.61. The van der Waals surface area contributed by atoms with E-state index in [4.69, 9.17) is 0 Å². The van der Waals surface area contributed by atoms with Crippen LogP contribution < -0.4 is 0 Å². The van der Waals surface area contributed by atoms with Crippen molar-refractivity contribution >= 4 is 0 Å². The van der Waals surface area contributed by atoms with Crippen molar-refractivity contribution in [2.45, 2.75) is 89.9 Å². The van der Waals surface area contributed by atoms with Gasteiger partial charge in [0.05, 0.1) is 5.92 Å². The van der Waals surface area contributed by atoms with Crippen LogP contribution in [-0.2, 0) is 0 Å². The van der Waals surface area contributed by atoms with E-state index in [1.54, 1.807) is 0 Å². The fraction of sp³-hybridized carbons (Fsp3) is 1.00. The molecule has 0 radical (unpaired) electrons. The van der Waals surface area contributed by atoms with Crippen LogP contribution in [0.1, 0.15) is 71.1 Å². The SMILES string of the molecule is CC1CCC(C2CCC(C3CCCC(F)C3C(F)F)CC2F)CC1. The summed E-state index contributed by atoms with van der Waals surface area (Å²) in [5.41, 5.74) is 0. The quantitative estimate of drug-likeness (QED) is 0.505. The maximum absolute atomic E-state index is 14.9. The molecule has 140 valence electrons. The summed E-state index contributed by atoms with van der Waals surface area (Å²) in [5.74, 6) is -0.184. The summed E-state index contributed by atoms with van der Waals surface area (Å²) in [6, 6.07) is 0. The second-order valence-electron chi connectivity index (χ2n) is 8.80. The predicted molar refractivity (Wildman–Crippen MR) is 88.6 cm³/mol. The Bertz CT molecular complexity index is 391. The molecule has 0 aromatic rings. The van der Waals surface area contributed by atoms with Gasteiger partial charge in [0.15, 0.2) is 0 Å². The van der Waals surface area contributed by atoms with Crippen LogP contribution in [0.5, 0.6) is 0 Å². The Labute approximate surface area is 143 Å². The summed E-state index contributed by atoms with van der Waals surface area (Å²) in [7, 11) is 0. The Morgan fingerprint density at radius 3 is 2.00 bits per heavy atom. The number of halogens is 4. The molecule has 0 aliphatic heterocycles. The van der Waals surface area contributed by atoms with E-state index in [1.165, 1.54) is 12.8 Å². The lowest BCUT2D eigenvalue weighted by Gasteiger charge is -2.44. The van der Waals surface area contributed by atoms with Crippen LogP contribution >= 0.6 is 0 Å². The normalized spacial score (nSPS) is 47.8. The first kappa shape index (κ1) is 18.5. The van der Waals surface area contributed by atoms with E-state index in [1.807, 2.05) is 0 Å². The first-order valence-electron chi connectivity index (χ1n) is 10.0. The van der Waals surface area contributed by atoms with Crippen molar-refractivity contribution in [3.8, 4) is 0 Å². The lowest BCUT2D eigenvalue weighted by Crippen LogP contribution is -2.42. The fourth-order valence-electron chi connectivity index (χ4n) is 5.90. The van der Waals surface area contributed by atoms with E-state index in [9.17, 15) is 17.6 Å².